The number of hydrogen-bond acceptors (Lipinski definition) is 4. The molecule has 0 radical (unpaired) electrons. The third-order valence-corrected chi connectivity index (χ3v) is 3.34. The number of halogens is 1. The predicted octanol–water partition coefficient (Wildman–Crippen LogP) is 3.96. The fraction of sp³-hybridized carbons (Fsp3) is 0.118. The number of allylic oxidation sites excluding steroid dienone is 1. The Balaban J connectivity index is 2.24. The molecule has 0 heterocycles. The standard InChI is InChI=1S/C17H15ClO4/c1-21-13-5-3-4-12(10-13)15(19)7-6-11-8-14(18)17(20)16(9-11)22-2/h3-10,20H,1-2H3/b7-6+. The van der Waals surface area contributed by atoms with Gasteiger partial charge in [-0.2, -0.15) is 0 Å². The van der Waals surface area contributed by atoms with Crippen LogP contribution in [0.15, 0.2) is 42.5 Å². The van der Waals surface area contributed by atoms with Crippen molar-refractivity contribution in [3.8, 4) is 17.2 Å². The van der Waals surface area contributed by atoms with Crippen LogP contribution in [-0.4, -0.2) is 25.1 Å². The van der Waals surface area contributed by atoms with Gasteiger partial charge in [0.05, 0.1) is 19.2 Å². The first-order valence-corrected chi connectivity index (χ1v) is 6.86. The van der Waals surface area contributed by atoms with Gasteiger partial charge in [-0.3, -0.25) is 4.79 Å². The first-order valence-electron chi connectivity index (χ1n) is 6.48. The third-order valence-electron chi connectivity index (χ3n) is 3.05. The van der Waals surface area contributed by atoms with Crippen LogP contribution in [0.25, 0.3) is 6.08 Å². The lowest BCUT2D eigenvalue weighted by Crippen LogP contribution is -1.95. The van der Waals surface area contributed by atoms with Gasteiger partial charge in [-0.1, -0.05) is 29.8 Å². The number of ketones is 1. The molecule has 0 aliphatic heterocycles. The molecule has 0 aromatic heterocycles. The van der Waals surface area contributed by atoms with E-state index in [9.17, 15) is 9.90 Å². The van der Waals surface area contributed by atoms with Gasteiger partial charge in [-0.25, -0.2) is 0 Å². The minimum Gasteiger partial charge on any atom is -0.503 e. The number of methoxy groups -OCH3 is 2. The summed E-state index contributed by atoms with van der Waals surface area (Å²) in [4.78, 5) is 12.1. The van der Waals surface area contributed by atoms with Crippen molar-refractivity contribution < 1.29 is 19.4 Å². The highest BCUT2D eigenvalue weighted by Crippen LogP contribution is 2.35. The van der Waals surface area contributed by atoms with Crippen LogP contribution in [0, 0.1) is 0 Å². The van der Waals surface area contributed by atoms with Gasteiger partial charge in [-0.05, 0) is 35.9 Å². The molecule has 0 unspecified atom stereocenters. The minimum atomic E-state index is -0.165. The highest BCUT2D eigenvalue weighted by Gasteiger charge is 2.08. The molecule has 22 heavy (non-hydrogen) atoms. The van der Waals surface area contributed by atoms with Crippen LogP contribution in [0.3, 0.4) is 0 Å². The highest BCUT2D eigenvalue weighted by atomic mass is 35.5. The molecule has 0 spiro atoms. The first-order chi connectivity index (χ1) is 10.5. The van der Waals surface area contributed by atoms with Gasteiger partial charge in [-0.15, -0.1) is 0 Å². The van der Waals surface area contributed by atoms with E-state index in [-0.39, 0.29) is 22.3 Å². The van der Waals surface area contributed by atoms with Gasteiger partial charge in [0.15, 0.2) is 17.3 Å². The zero-order chi connectivity index (χ0) is 16.1. The monoisotopic (exact) mass is 318 g/mol. The summed E-state index contributed by atoms with van der Waals surface area (Å²) in [5, 5.41) is 9.83. The number of rotatable bonds is 5. The summed E-state index contributed by atoms with van der Waals surface area (Å²) in [5.41, 5.74) is 1.17. The van der Waals surface area contributed by atoms with Crippen LogP contribution in [0.1, 0.15) is 15.9 Å². The Labute approximate surface area is 133 Å². The Bertz CT molecular complexity index is 723. The summed E-state index contributed by atoms with van der Waals surface area (Å²) in [6, 6.07) is 10.0. The Hall–Kier alpha value is -2.46. The summed E-state index contributed by atoms with van der Waals surface area (Å²) in [5.74, 6) is 0.581. The number of benzene rings is 2. The van der Waals surface area contributed by atoms with E-state index in [0.717, 1.165) is 0 Å². The SMILES string of the molecule is COc1cccc(C(=O)/C=C/c2cc(Cl)c(O)c(OC)c2)c1. The molecule has 0 fully saturated rings. The quantitative estimate of drug-likeness (QED) is 0.669. The van der Waals surface area contributed by atoms with E-state index in [2.05, 4.69) is 0 Å². The lowest BCUT2D eigenvalue weighted by atomic mass is 10.1. The molecule has 0 bridgehead atoms. The summed E-state index contributed by atoms with van der Waals surface area (Å²) < 4.78 is 10.1. The first kappa shape index (κ1) is 15.9. The van der Waals surface area contributed by atoms with Crippen molar-refractivity contribution in [2.24, 2.45) is 0 Å². The van der Waals surface area contributed by atoms with Crippen molar-refractivity contribution in [1.29, 1.82) is 0 Å². The van der Waals surface area contributed by atoms with Crippen LogP contribution in [0.2, 0.25) is 5.02 Å². The molecule has 0 atom stereocenters. The van der Waals surface area contributed by atoms with Gasteiger partial charge in [0, 0.05) is 5.56 Å². The van der Waals surface area contributed by atoms with E-state index in [0.29, 0.717) is 16.9 Å². The maximum Gasteiger partial charge on any atom is 0.185 e. The summed E-state index contributed by atoms with van der Waals surface area (Å²) in [6.07, 6.45) is 3.03. The number of carbonyl (C=O) groups is 1. The number of phenolic OH excluding ortho intramolecular Hbond substituents is 1. The van der Waals surface area contributed by atoms with Crippen LogP contribution < -0.4 is 9.47 Å². The Morgan fingerprint density at radius 1 is 1.18 bits per heavy atom. The molecule has 114 valence electrons. The highest BCUT2D eigenvalue weighted by molar-refractivity contribution is 6.32. The number of phenols is 1. The summed E-state index contributed by atoms with van der Waals surface area (Å²) in [6.45, 7) is 0. The lowest BCUT2D eigenvalue weighted by Gasteiger charge is -2.06. The lowest BCUT2D eigenvalue weighted by molar-refractivity contribution is 0.104. The van der Waals surface area contributed by atoms with Crippen LogP contribution in [-0.2, 0) is 0 Å². The molecular formula is C17H15ClO4. The largest absolute Gasteiger partial charge is 0.503 e. The number of hydrogen-bond donors (Lipinski definition) is 1. The molecule has 0 amide bonds. The van der Waals surface area contributed by atoms with E-state index >= 15 is 0 Å². The van der Waals surface area contributed by atoms with Crippen LogP contribution in [0.4, 0.5) is 0 Å². The van der Waals surface area contributed by atoms with E-state index in [4.69, 9.17) is 21.1 Å². The predicted molar refractivity (Wildman–Crippen MR) is 86.0 cm³/mol. The fourth-order valence-corrected chi connectivity index (χ4v) is 2.11. The van der Waals surface area contributed by atoms with Crippen LogP contribution in [0.5, 0.6) is 17.2 Å². The Morgan fingerprint density at radius 2 is 1.95 bits per heavy atom. The molecule has 1 N–H and O–H groups in total. The average molecular weight is 319 g/mol. The van der Waals surface area contributed by atoms with Gasteiger partial charge in [0.1, 0.15) is 5.75 Å². The van der Waals surface area contributed by atoms with Crippen molar-refractivity contribution in [1.82, 2.24) is 0 Å². The fourth-order valence-electron chi connectivity index (χ4n) is 1.89. The molecule has 0 aliphatic rings. The summed E-state index contributed by atoms with van der Waals surface area (Å²) in [7, 11) is 2.98. The second-order valence-electron chi connectivity index (χ2n) is 4.48. The number of aromatic hydroxyl groups is 1. The second kappa shape index (κ2) is 7.00. The molecule has 0 aliphatic carbocycles. The van der Waals surface area contributed by atoms with E-state index in [1.54, 1.807) is 49.6 Å². The van der Waals surface area contributed by atoms with Crippen molar-refractivity contribution in [3.05, 3.63) is 58.6 Å². The molecule has 4 nitrogen and oxygen atoms in total. The third kappa shape index (κ3) is 3.59. The summed E-state index contributed by atoms with van der Waals surface area (Å²) >= 11 is 5.90. The van der Waals surface area contributed by atoms with E-state index in [1.807, 2.05) is 0 Å². The zero-order valence-corrected chi connectivity index (χ0v) is 12.9. The molecule has 2 aromatic carbocycles. The van der Waals surface area contributed by atoms with Gasteiger partial charge in [0.2, 0.25) is 0 Å². The Morgan fingerprint density at radius 3 is 2.64 bits per heavy atom. The van der Waals surface area contributed by atoms with Crippen molar-refractivity contribution in [3.63, 3.8) is 0 Å². The minimum absolute atomic E-state index is 0.125. The maximum absolute atomic E-state index is 12.1. The normalized spacial score (nSPS) is 10.7. The number of carbonyl (C=O) groups excluding carboxylic acids is 1. The van der Waals surface area contributed by atoms with Gasteiger partial charge >= 0.3 is 0 Å². The topological polar surface area (TPSA) is 55.8 Å². The molecular weight excluding hydrogens is 304 g/mol. The molecule has 0 saturated carbocycles. The van der Waals surface area contributed by atoms with E-state index < -0.39 is 0 Å². The zero-order valence-electron chi connectivity index (χ0n) is 12.2. The van der Waals surface area contributed by atoms with Crippen molar-refractivity contribution in [2.45, 2.75) is 0 Å². The second-order valence-corrected chi connectivity index (χ2v) is 4.89. The van der Waals surface area contributed by atoms with Crippen molar-refractivity contribution >= 4 is 23.5 Å². The molecule has 2 rings (SSSR count). The van der Waals surface area contributed by atoms with Gasteiger partial charge in [0.25, 0.3) is 0 Å². The van der Waals surface area contributed by atoms with Crippen molar-refractivity contribution in [2.75, 3.05) is 14.2 Å². The van der Waals surface area contributed by atoms with Crippen LogP contribution >= 0.6 is 11.6 Å². The smallest absolute Gasteiger partial charge is 0.185 e. The van der Waals surface area contributed by atoms with Gasteiger partial charge < -0.3 is 14.6 Å². The average Bonchev–Trinajstić information content (AvgIpc) is 2.55. The molecule has 5 heteroatoms. The maximum atomic E-state index is 12.1. The Kier molecular flexibility index (Phi) is 5.07. The molecule has 2 aromatic rings. The molecule has 0 saturated heterocycles. The van der Waals surface area contributed by atoms with E-state index in [1.165, 1.54) is 13.2 Å². The number of ether oxygens (including phenoxy) is 2.